The highest BCUT2D eigenvalue weighted by molar-refractivity contribution is 6.39. The van der Waals surface area contributed by atoms with E-state index >= 15 is 0 Å². The first-order valence-corrected chi connectivity index (χ1v) is 7.99. The van der Waals surface area contributed by atoms with E-state index in [4.69, 9.17) is 9.15 Å². The van der Waals surface area contributed by atoms with Crippen LogP contribution >= 0.6 is 0 Å². The van der Waals surface area contributed by atoms with Crippen molar-refractivity contribution in [3.8, 4) is 17.1 Å². The molecule has 0 bridgehead atoms. The molecule has 25 heavy (non-hydrogen) atoms. The molecule has 0 fully saturated rings. The average Bonchev–Trinajstić information content (AvgIpc) is 2.99. The zero-order valence-electron chi connectivity index (χ0n) is 15.0. The molecule has 0 aliphatic heterocycles. The van der Waals surface area contributed by atoms with Crippen LogP contribution in [-0.2, 0) is 9.59 Å². The molecule has 0 saturated carbocycles. The predicted molar refractivity (Wildman–Crippen MR) is 94.2 cm³/mol. The first kappa shape index (κ1) is 18.5. The summed E-state index contributed by atoms with van der Waals surface area (Å²) in [4.78, 5) is 27.8. The maximum Gasteiger partial charge on any atom is 0.313 e. The van der Waals surface area contributed by atoms with Crippen LogP contribution in [0.5, 0.6) is 5.75 Å². The zero-order valence-corrected chi connectivity index (χ0v) is 15.0. The summed E-state index contributed by atoms with van der Waals surface area (Å²) in [5, 5.41) is 5.19. The molecule has 7 nitrogen and oxygen atoms in total. The summed E-state index contributed by atoms with van der Waals surface area (Å²) in [7, 11) is 0. The van der Waals surface area contributed by atoms with Crippen molar-refractivity contribution in [3.63, 3.8) is 0 Å². The van der Waals surface area contributed by atoms with Crippen molar-refractivity contribution in [1.82, 2.24) is 10.3 Å². The van der Waals surface area contributed by atoms with Crippen LogP contribution in [0.3, 0.4) is 0 Å². The minimum absolute atomic E-state index is 0.0724. The van der Waals surface area contributed by atoms with Crippen LogP contribution in [-0.4, -0.2) is 28.4 Å². The molecule has 2 rings (SSSR count). The van der Waals surface area contributed by atoms with Gasteiger partial charge in [0.1, 0.15) is 5.75 Å². The van der Waals surface area contributed by atoms with E-state index in [9.17, 15) is 9.59 Å². The average molecular weight is 345 g/mol. The molecule has 2 amide bonds. The number of nitrogens with zero attached hydrogens (tertiary/aromatic N) is 1. The van der Waals surface area contributed by atoms with Crippen molar-refractivity contribution in [2.45, 2.75) is 46.3 Å². The number of hydrogen-bond donors (Lipinski definition) is 2. The maximum absolute atomic E-state index is 12.0. The summed E-state index contributed by atoms with van der Waals surface area (Å²) in [5.41, 5.74) is 0.674. The number of anilines is 1. The van der Waals surface area contributed by atoms with Crippen LogP contribution in [0.15, 0.2) is 35.2 Å². The van der Waals surface area contributed by atoms with E-state index < -0.39 is 17.4 Å². The number of rotatable bonds is 4. The molecule has 1 heterocycles. The van der Waals surface area contributed by atoms with E-state index in [1.54, 1.807) is 45.2 Å². The Labute approximate surface area is 146 Å². The van der Waals surface area contributed by atoms with Crippen molar-refractivity contribution in [2.24, 2.45) is 0 Å². The Balaban J connectivity index is 2.22. The van der Waals surface area contributed by atoms with Gasteiger partial charge in [-0.3, -0.25) is 9.59 Å². The monoisotopic (exact) mass is 345 g/mol. The number of carbonyl (C=O) groups excluding carboxylic acids is 2. The topological polar surface area (TPSA) is 93.5 Å². The molecule has 0 spiro atoms. The Morgan fingerprint density at radius 1 is 1.20 bits per heavy atom. The van der Waals surface area contributed by atoms with E-state index in [2.05, 4.69) is 15.6 Å². The molecule has 0 aliphatic carbocycles. The predicted octanol–water partition coefficient (Wildman–Crippen LogP) is 2.98. The smallest absolute Gasteiger partial charge is 0.313 e. The van der Waals surface area contributed by atoms with E-state index in [0.717, 1.165) is 0 Å². The molecule has 2 N–H and O–H groups in total. The third-order valence-corrected chi connectivity index (χ3v) is 2.99. The molecule has 2 aromatic rings. The van der Waals surface area contributed by atoms with Crippen LogP contribution in [0.4, 0.5) is 5.69 Å². The molecule has 0 radical (unpaired) electrons. The van der Waals surface area contributed by atoms with Gasteiger partial charge in [-0.1, -0.05) is 0 Å². The lowest BCUT2D eigenvalue weighted by Gasteiger charge is -2.20. The van der Waals surface area contributed by atoms with Gasteiger partial charge in [-0.05, 0) is 46.8 Å². The quantitative estimate of drug-likeness (QED) is 0.831. The Kier molecular flexibility index (Phi) is 5.46. The third-order valence-electron chi connectivity index (χ3n) is 2.99. The Bertz CT molecular complexity index is 746. The number of hydrogen-bond acceptors (Lipinski definition) is 5. The van der Waals surface area contributed by atoms with Gasteiger partial charge in [0.2, 0.25) is 0 Å². The maximum atomic E-state index is 12.0. The molecule has 1 aromatic carbocycles. The van der Waals surface area contributed by atoms with Crippen molar-refractivity contribution in [1.29, 1.82) is 0 Å². The lowest BCUT2D eigenvalue weighted by atomic mass is 10.1. The van der Waals surface area contributed by atoms with Crippen molar-refractivity contribution in [3.05, 3.63) is 30.8 Å². The number of nitrogens with one attached hydrogen (secondary N) is 2. The number of carbonyl (C=O) groups is 2. The van der Waals surface area contributed by atoms with Crippen LogP contribution in [0.1, 0.15) is 34.6 Å². The van der Waals surface area contributed by atoms with E-state index in [-0.39, 0.29) is 6.10 Å². The van der Waals surface area contributed by atoms with Crippen LogP contribution in [0.2, 0.25) is 0 Å². The Morgan fingerprint density at radius 3 is 2.48 bits per heavy atom. The van der Waals surface area contributed by atoms with Crippen molar-refractivity contribution < 1.29 is 18.7 Å². The van der Waals surface area contributed by atoms with Gasteiger partial charge in [0.25, 0.3) is 0 Å². The van der Waals surface area contributed by atoms with Crippen molar-refractivity contribution >= 4 is 17.5 Å². The van der Waals surface area contributed by atoms with Gasteiger partial charge in [-0.15, -0.1) is 0 Å². The largest absolute Gasteiger partial charge is 0.490 e. The summed E-state index contributed by atoms with van der Waals surface area (Å²) < 4.78 is 11.1. The fourth-order valence-corrected chi connectivity index (χ4v) is 2.09. The first-order chi connectivity index (χ1) is 11.7. The van der Waals surface area contributed by atoms with E-state index in [0.29, 0.717) is 22.8 Å². The van der Waals surface area contributed by atoms with Gasteiger partial charge >= 0.3 is 11.8 Å². The van der Waals surface area contributed by atoms with Crippen LogP contribution in [0.25, 0.3) is 11.3 Å². The number of benzene rings is 1. The van der Waals surface area contributed by atoms with Crippen molar-refractivity contribution in [2.75, 3.05) is 5.32 Å². The Hall–Kier alpha value is -2.83. The third kappa shape index (κ3) is 5.34. The molecule has 0 saturated heterocycles. The normalized spacial score (nSPS) is 11.3. The standard InChI is InChI=1S/C18H23N3O4/c1-11(2)25-14-8-12(6-7-13(14)15-9-19-10-24-15)20-16(22)17(23)21-18(3,4)5/h6-11H,1-5H3,(H,20,22)(H,21,23). The number of amides is 2. The molecule has 0 unspecified atom stereocenters. The highest BCUT2D eigenvalue weighted by atomic mass is 16.5. The van der Waals surface area contributed by atoms with E-state index in [1.807, 2.05) is 13.8 Å². The number of oxazole rings is 1. The molecule has 0 aliphatic rings. The second-order valence-electron chi connectivity index (χ2n) is 6.90. The summed E-state index contributed by atoms with van der Waals surface area (Å²) >= 11 is 0. The van der Waals surface area contributed by atoms with Gasteiger partial charge in [0, 0.05) is 17.3 Å². The zero-order chi connectivity index (χ0) is 18.6. The molecule has 7 heteroatoms. The summed E-state index contributed by atoms with van der Waals surface area (Å²) in [6.45, 7) is 9.20. The van der Waals surface area contributed by atoms with Gasteiger partial charge in [-0.25, -0.2) is 4.98 Å². The van der Waals surface area contributed by atoms with Gasteiger partial charge < -0.3 is 19.8 Å². The highest BCUT2D eigenvalue weighted by Gasteiger charge is 2.21. The number of aromatic nitrogens is 1. The van der Waals surface area contributed by atoms with Gasteiger partial charge in [-0.2, -0.15) is 0 Å². The lowest BCUT2D eigenvalue weighted by Crippen LogP contribution is -2.46. The molecular formula is C18H23N3O4. The highest BCUT2D eigenvalue weighted by Crippen LogP contribution is 2.33. The summed E-state index contributed by atoms with van der Waals surface area (Å²) in [6, 6.07) is 5.07. The molecule has 134 valence electrons. The van der Waals surface area contributed by atoms with E-state index in [1.165, 1.54) is 6.39 Å². The minimum atomic E-state index is -0.738. The Morgan fingerprint density at radius 2 is 1.92 bits per heavy atom. The summed E-state index contributed by atoms with van der Waals surface area (Å²) in [5.74, 6) is -0.351. The SMILES string of the molecule is CC(C)Oc1cc(NC(=O)C(=O)NC(C)(C)C)ccc1-c1cnco1. The van der Waals surface area contributed by atoms with Gasteiger partial charge in [0.15, 0.2) is 12.2 Å². The summed E-state index contributed by atoms with van der Waals surface area (Å²) in [6.07, 6.45) is 2.84. The molecule has 1 aromatic heterocycles. The van der Waals surface area contributed by atoms with Gasteiger partial charge in [0.05, 0.1) is 17.9 Å². The minimum Gasteiger partial charge on any atom is -0.490 e. The number of ether oxygens (including phenoxy) is 1. The van der Waals surface area contributed by atoms with Crippen LogP contribution < -0.4 is 15.4 Å². The molecular weight excluding hydrogens is 322 g/mol. The second kappa shape index (κ2) is 7.38. The van der Waals surface area contributed by atoms with Crippen LogP contribution in [0, 0.1) is 0 Å². The fraction of sp³-hybridized carbons (Fsp3) is 0.389. The second-order valence-corrected chi connectivity index (χ2v) is 6.90. The first-order valence-electron chi connectivity index (χ1n) is 7.99. The fourth-order valence-electron chi connectivity index (χ4n) is 2.09. The lowest BCUT2D eigenvalue weighted by molar-refractivity contribution is -0.137. The molecule has 0 atom stereocenters.